The number of alkyl halides is 3. The molecule has 0 aliphatic rings. The van der Waals surface area contributed by atoms with Crippen LogP contribution < -0.4 is 14.8 Å². The van der Waals surface area contributed by atoms with E-state index in [0.717, 1.165) is 12.1 Å². The van der Waals surface area contributed by atoms with E-state index in [1.54, 1.807) is 37.3 Å². The zero-order valence-corrected chi connectivity index (χ0v) is 17.6. The van der Waals surface area contributed by atoms with Gasteiger partial charge in [-0.3, -0.25) is 9.52 Å². The molecule has 1 amide bonds. The number of anilines is 2. The Kier molecular flexibility index (Phi) is 6.73. The largest absolute Gasteiger partial charge is 0.492 e. The fourth-order valence-corrected chi connectivity index (χ4v) is 3.89. The number of hydrogen-bond donors (Lipinski definition) is 2. The zero-order valence-electron chi connectivity index (χ0n) is 16.8. The zero-order chi connectivity index (χ0) is 23.4. The van der Waals surface area contributed by atoms with Crippen molar-refractivity contribution in [3.8, 4) is 5.75 Å². The van der Waals surface area contributed by atoms with E-state index in [2.05, 4.69) is 10.0 Å². The van der Waals surface area contributed by atoms with Crippen LogP contribution in [0.15, 0.2) is 77.7 Å². The van der Waals surface area contributed by atoms with Crippen LogP contribution in [0.3, 0.4) is 0 Å². The second kappa shape index (κ2) is 9.31. The lowest BCUT2D eigenvalue weighted by molar-refractivity contribution is -0.137. The predicted molar refractivity (Wildman–Crippen MR) is 114 cm³/mol. The summed E-state index contributed by atoms with van der Waals surface area (Å²) >= 11 is 0. The molecule has 168 valence electrons. The normalized spacial score (nSPS) is 11.6. The predicted octanol–water partition coefficient (Wildman–Crippen LogP) is 5.16. The van der Waals surface area contributed by atoms with Crippen LogP contribution in [0.25, 0.3) is 0 Å². The maximum absolute atomic E-state index is 12.9. The van der Waals surface area contributed by atoms with Crippen LogP contribution in [-0.4, -0.2) is 20.9 Å². The van der Waals surface area contributed by atoms with Gasteiger partial charge in [0, 0.05) is 11.3 Å². The van der Waals surface area contributed by atoms with E-state index in [1.165, 1.54) is 24.3 Å². The second-order valence-corrected chi connectivity index (χ2v) is 8.28. The first-order valence-electron chi connectivity index (χ1n) is 9.43. The minimum Gasteiger partial charge on any atom is -0.492 e. The van der Waals surface area contributed by atoms with E-state index in [4.69, 9.17) is 4.74 Å². The Morgan fingerprint density at radius 1 is 0.969 bits per heavy atom. The van der Waals surface area contributed by atoms with Crippen LogP contribution in [0.1, 0.15) is 22.8 Å². The van der Waals surface area contributed by atoms with Crippen molar-refractivity contribution in [2.24, 2.45) is 0 Å². The van der Waals surface area contributed by atoms with E-state index < -0.39 is 27.7 Å². The number of rotatable bonds is 7. The highest BCUT2D eigenvalue weighted by molar-refractivity contribution is 7.92. The number of hydrogen-bond acceptors (Lipinski definition) is 4. The summed E-state index contributed by atoms with van der Waals surface area (Å²) in [6.45, 7) is 1.99. The number of benzene rings is 3. The Morgan fingerprint density at radius 3 is 2.34 bits per heavy atom. The van der Waals surface area contributed by atoms with Gasteiger partial charge in [-0.2, -0.15) is 13.2 Å². The average Bonchev–Trinajstić information content (AvgIpc) is 2.75. The summed E-state index contributed by atoms with van der Waals surface area (Å²) < 4.78 is 71.9. The molecule has 0 aliphatic heterocycles. The minimum absolute atomic E-state index is 0.104. The summed E-state index contributed by atoms with van der Waals surface area (Å²) in [7, 11) is -4.25. The Bertz CT molecular complexity index is 1210. The molecule has 6 nitrogen and oxygen atoms in total. The molecule has 0 atom stereocenters. The number of sulfonamides is 1. The summed E-state index contributed by atoms with van der Waals surface area (Å²) in [6.07, 6.45) is -4.62. The van der Waals surface area contributed by atoms with Gasteiger partial charge in [0.1, 0.15) is 5.75 Å². The van der Waals surface area contributed by atoms with Crippen molar-refractivity contribution < 1.29 is 31.1 Å². The molecule has 3 aromatic carbocycles. The Morgan fingerprint density at radius 2 is 1.69 bits per heavy atom. The van der Waals surface area contributed by atoms with E-state index in [9.17, 15) is 26.4 Å². The van der Waals surface area contributed by atoms with E-state index in [1.807, 2.05) is 0 Å². The number of carbonyl (C=O) groups excluding carboxylic acids is 1. The van der Waals surface area contributed by atoms with Crippen LogP contribution in [0.5, 0.6) is 5.75 Å². The van der Waals surface area contributed by atoms with Gasteiger partial charge in [-0.1, -0.05) is 24.3 Å². The number of ether oxygens (including phenoxy) is 1. The first-order chi connectivity index (χ1) is 15.1. The molecule has 2 N–H and O–H groups in total. The fourth-order valence-electron chi connectivity index (χ4n) is 2.81. The van der Waals surface area contributed by atoms with Crippen molar-refractivity contribution >= 4 is 27.3 Å². The van der Waals surface area contributed by atoms with Gasteiger partial charge >= 0.3 is 6.18 Å². The molecule has 0 fully saturated rings. The monoisotopic (exact) mass is 464 g/mol. The van der Waals surface area contributed by atoms with Crippen LogP contribution in [0.2, 0.25) is 0 Å². The summed E-state index contributed by atoms with van der Waals surface area (Å²) in [4.78, 5) is 12.3. The van der Waals surface area contributed by atoms with Gasteiger partial charge in [0.05, 0.1) is 22.8 Å². The molecule has 0 radical (unpaired) electrons. The molecule has 0 aliphatic carbocycles. The van der Waals surface area contributed by atoms with Gasteiger partial charge < -0.3 is 10.1 Å². The number of amides is 1. The molecule has 0 aromatic heterocycles. The van der Waals surface area contributed by atoms with Crippen LogP contribution in [-0.2, 0) is 16.2 Å². The molecule has 0 bridgehead atoms. The molecule has 0 unspecified atom stereocenters. The summed E-state index contributed by atoms with van der Waals surface area (Å²) in [6, 6.07) is 15.9. The first kappa shape index (κ1) is 23.1. The van der Waals surface area contributed by atoms with Gasteiger partial charge in [0.25, 0.3) is 15.9 Å². The highest BCUT2D eigenvalue weighted by Gasteiger charge is 2.30. The highest BCUT2D eigenvalue weighted by atomic mass is 32.2. The van der Waals surface area contributed by atoms with Gasteiger partial charge in [-0.25, -0.2) is 8.42 Å². The Hall–Kier alpha value is -3.53. The number of nitrogens with one attached hydrogen (secondary N) is 2. The SMILES string of the molecule is CCOc1ccc(S(=O)(=O)Nc2cccc(C(F)(F)F)c2)cc1NC(=O)c1ccccc1. The minimum atomic E-state index is -4.62. The molecule has 3 aromatic rings. The maximum atomic E-state index is 12.9. The Labute approximate surface area is 183 Å². The molecule has 0 heterocycles. The lowest BCUT2D eigenvalue weighted by atomic mass is 10.2. The average molecular weight is 464 g/mol. The molecular formula is C22H19F3N2O4S. The van der Waals surface area contributed by atoms with Crippen molar-refractivity contribution in [3.05, 3.63) is 83.9 Å². The lowest BCUT2D eigenvalue weighted by Gasteiger charge is -2.15. The molecule has 32 heavy (non-hydrogen) atoms. The molecule has 10 heteroatoms. The molecular weight excluding hydrogens is 445 g/mol. The lowest BCUT2D eigenvalue weighted by Crippen LogP contribution is -2.16. The van der Waals surface area contributed by atoms with Crippen LogP contribution in [0, 0.1) is 0 Å². The quantitative estimate of drug-likeness (QED) is 0.506. The standard InChI is InChI=1S/C22H19F3N2O4S/c1-2-31-20-12-11-18(14-19(20)26-21(28)15-7-4-3-5-8-15)32(29,30)27-17-10-6-9-16(13-17)22(23,24)25/h3-14,27H,2H2,1H3,(H,26,28). The number of carbonyl (C=O) groups is 1. The van der Waals surface area contributed by atoms with Crippen molar-refractivity contribution in [3.63, 3.8) is 0 Å². The summed E-state index contributed by atoms with van der Waals surface area (Å²) in [5.74, 6) is -0.235. The van der Waals surface area contributed by atoms with Gasteiger partial charge in [-0.15, -0.1) is 0 Å². The van der Waals surface area contributed by atoms with Gasteiger partial charge in [0.2, 0.25) is 0 Å². The third-order valence-electron chi connectivity index (χ3n) is 4.29. The topological polar surface area (TPSA) is 84.5 Å². The number of halogens is 3. The van der Waals surface area contributed by atoms with Gasteiger partial charge in [0.15, 0.2) is 0 Å². The van der Waals surface area contributed by atoms with Crippen LogP contribution >= 0.6 is 0 Å². The van der Waals surface area contributed by atoms with Crippen molar-refractivity contribution in [1.29, 1.82) is 0 Å². The highest BCUT2D eigenvalue weighted by Crippen LogP contribution is 2.32. The molecule has 3 rings (SSSR count). The third-order valence-corrected chi connectivity index (χ3v) is 5.67. The van der Waals surface area contributed by atoms with Crippen molar-refractivity contribution in [2.45, 2.75) is 18.0 Å². The summed E-state index contributed by atoms with van der Waals surface area (Å²) in [5, 5.41) is 2.61. The molecule has 0 saturated carbocycles. The van der Waals surface area contributed by atoms with Crippen molar-refractivity contribution in [2.75, 3.05) is 16.6 Å². The van der Waals surface area contributed by atoms with E-state index >= 15 is 0 Å². The first-order valence-corrected chi connectivity index (χ1v) is 10.9. The second-order valence-electron chi connectivity index (χ2n) is 6.60. The smallest absolute Gasteiger partial charge is 0.416 e. The molecule has 0 saturated heterocycles. The Balaban J connectivity index is 1.92. The van der Waals surface area contributed by atoms with Gasteiger partial charge in [-0.05, 0) is 55.5 Å². The third kappa shape index (κ3) is 5.58. The van der Waals surface area contributed by atoms with Crippen molar-refractivity contribution in [1.82, 2.24) is 0 Å². The van der Waals surface area contributed by atoms with E-state index in [0.29, 0.717) is 11.6 Å². The van der Waals surface area contributed by atoms with E-state index in [-0.39, 0.29) is 28.6 Å². The maximum Gasteiger partial charge on any atom is 0.416 e. The molecule has 0 spiro atoms. The van der Waals surface area contributed by atoms with Crippen LogP contribution in [0.4, 0.5) is 24.5 Å². The fraction of sp³-hybridized carbons (Fsp3) is 0.136. The summed E-state index contributed by atoms with van der Waals surface area (Å²) in [5.41, 5.74) is -0.776.